The summed E-state index contributed by atoms with van der Waals surface area (Å²) in [7, 11) is 0. The van der Waals surface area contributed by atoms with Crippen molar-refractivity contribution in [1.29, 1.82) is 0 Å². The summed E-state index contributed by atoms with van der Waals surface area (Å²) in [5.41, 5.74) is 2.17. The first-order chi connectivity index (χ1) is 11.7. The number of nitrogens with zero attached hydrogens (tertiary/aromatic N) is 4. The Balaban J connectivity index is 1.49. The number of piperazine rings is 1. The highest BCUT2D eigenvalue weighted by Crippen LogP contribution is 2.25. The highest BCUT2D eigenvalue weighted by atomic mass is 19.1. The average molecular weight is 330 g/mol. The number of rotatable bonds is 2. The number of pyridine rings is 2. The summed E-state index contributed by atoms with van der Waals surface area (Å²) in [6.45, 7) is 3.43. The number of amides is 1. The first-order valence-electron chi connectivity index (χ1n) is 8.28. The SMILES string of the molecule is O=C(C1CCCO1)N1CCN(c2ccnc3cc(F)cnc23)CC1. The van der Waals surface area contributed by atoms with Gasteiger partial charge < -0.3 is 14.5 Å². The van der Waals surface area contributed by atoms with E-state index in [-0.39, 0.29) is 17.8 Å². The van der Waals surface area contributed by atoms with Crippen LogP contribution in [0.25, 0.3) is 11.0 Å². The molecule has 2 aromatic heterocycles. The Morgan fingerprint density at radius 3 is 2.83 bits per heavy atom. The lowest BCUT2D eigenvalue weighted by atomic mass is 10.2. The van der Waals surface area contributed by atoms with Gasteiger partial charge in [-0.05, 0) is 18.9 Å². The molecule has 0 aliphatic carbocycles. The first-order valence-corrected chi connectivity index (χ1v) is 8.28. The van der Waals surface area contributed by atoms with Crippen molar-refractivity contribution in [2.24, 2.45) is 0 Å². The Morgan fingerprint density at radius 2 is 2.08 bits per heavy atom. The number of carbonyl (C=O) groups excluding carboxylic acids is 1. The van der Waals surface area contributed by atoms with Gasteiger partial charge in [-0.1, -0.05) is 0 Å². The molecule has 2 fully saturated rings. The minimum absolute atomic E-state index is 0.104. The van der Waals surface area contributed by atoms with E-state index in [9.17, 15) is 9.18 Å². The molecule has 2 aliphatic heterocycles. The third kappa shape index (κ3) is 2.80. The van der Waals surface area contributed by atoms with Gasteiger partial charge >= 0.3 is 0 Å². The molecule has 2 aromatic rings. The predicted octanol–water partition coefficient (Wildman–Crippen LogP) is 1.60. The summed E-state index contributed by atoms with van der Waals surface area (Å²) in [4.78, 5) is 24.8. The highest BCUT2D eigenvalue weighted by Gasteiger charge is 2.30. The summed E-state index contributed by atoms with van der Waals surface area (Å²) in [5, 5.41) is 0. The molecule has 1 atom stereocenters. The van der Waals surface area contributed by atoms with Crippen LogP contribution in [0.4, 0.5) is 10.1 Å². The Morgan fingerprint density at radius 1 is 1.25 bits per heavy atom. The van der Waals surface area contributed by atoms with Crippen molar-refractivity contribution < 1.29 is 13.9 Å². The molecule has 4 rings (SSSR count). The lowest BCUT2D eigenvalue weighted by molar-refractivity contribution is -0.141. The zero-order valence-electron chi connectivity index (χ0n) is 13.3. The van der Waals surface area contributed by atoms with E-state index in [0.717, 1.165) is 31.6 Å². The topological polar surface area (TPSA) is 58.6 Å². The van der Waals surface area contributed by atoms with Crippen molar-refractivity contribution in [3.63, 3.8) is 0 Å². The fraction of sp³-hybridized carbons (Fsp3) is 0.471. The fourth-order valence-electron chi connectivity index (χ4n) is 3.39. The third-order valence-electron chi connectivity index (χ3n) is 4.66. The molecule has 0 bridgehead atoms. The van der Waals surface area contributed by atoms with E-state index in [1.54, 1.807) is 6.20 Å². The van der Waals surface area contributed by atoms with Crippen molar-refractivity contribution in [3.8, 4) is 0 Å². The molecule has 0 aromatic carbocycles. The number of fused-ring (bicyclic) bond motifs is 1. The van der Waals surface area contributed by atoms with Crippen LogP contribution in [0.5, 0.6) is 0 Å². The van der Waals surface area contributed by atoms with E-state index in [0.29, 0.717) is 30.7 Å². The van der Waals surface area contributed by atoms with Crippen LogP contribution in [0, 0.1) is 5.82 Å². The molecular formula is C17H19FN4O2. The number of ether oxygens (including phenoxy) is 1. The van der Waals surface area contributed by atoms with Crippen LogP contribution in [0.2, 0.25) is 0 Å². The monoisotopic (exact) mass is 330 g/mol. The molecule has 2 saturated heterocycles. The Hall–Kier alpha value is -2.28. The Labute approximate surface area is 139 Å². The van der Waals surface area contributed by atoms with Gasteiger partial charge in [0, 0.05) is 45.0 Å². The van der Waals surface area contributed by atoms with E-state index in [1.165, 1.54) is 12.3 Å². The van der Waals surface area contributed by atoms with Crippen molar-refractivity contribution in [2.45, 2.75) is 18.9 Å². The Kier molecular flexibility index (Phi) is 4.02. The lowest BCUT2D eigenvalue weighted by Gasteiger charge is -2.37. The van der Waals surface area contributed by atoms with Gasteiger partial charge in [-0.3, -0.25) is 9.78 Å². The Bertz CT molecular complexity index is 755. The van der Waals surface area contributed by atoms with E-state index in [2.05, 4.69) is 14.9 Å². The summed E-state index contributed by atoms with van der Waals surface area (Å²) < 4.78 is 18.8. The van der Waals surface area contributed by atoms with E-state index in [4.69, 9.17) is 4.74 Å². The van der Waals surface area contributed by atoms with Crippen molar-refractivity contribution in [1.82, 2.24) is 14.9 Å². The maximum Gasteiger partial charge on any atom is 0.251 e. The molecule has 1 amide bonds. The molecule has 0 spiro atoms. The minimum Gasteiger partial charge on any atom is -0.368 e. The van der Waals surface area contributed by atoms with Gasteiger partial charge in [0.15, 0.2) is 0 Å². The van der Waals surface area contributed by atoms with Gasteiger partial charge in [-0.2, -0.15) is 0 Å². The van der Waals surface area contributed by atoms with Gasteiger partial charge in [0.2, 0.25) is 0 Å². The van der Waals surface area contributed by atoms with Gasteiger partial charge in [0.25, 0.3) is 5.91 Å². The second-order valence-electron chi connectivity index (χ2n) is 6.17. The maximum atomic E-state index is 13.3. The molecule has 0 saturated carbocycles. The number of halogens is 1. The largest absolute Gasteiger partial charge is 0.368 e. The standard InChI is InChI=1S/C17H19FN4O2/c18-12-10-13-16(20-11-12)14(3-4-19-13)21-5-7-22(8-6-21)17(23)15-2-1-9-24-15/h3-4,10-11,15H,1-2,5-9H2. The molecule has 2 aliphatic rings. The first kappa shape index (κ1) is 15.3. The molecule has 0 radical (unpaired) electrons. The van der Waals surface area contributed by atoms with Crippen LogP contribution in [-0.2, 0) is 9.53 Å². The summed E-state index contributed by atoms with van der Waals surface area (Å²) in [5.74, 6) is -0.286. The second-order valence-corrected chi connectivity index (χ2v) is 6.17. The predicted molar refractivity (Wildman–Crippen MR) is 87.3 cm³/mol. The zero-order valence-corrected chi connectivity index (χ0v) is 13.3. The number of hydrogen-bond acceptors (Lipinski definition) is 5. The molecule has 24 heavy (non-hydrogen) atoms. The summed E-state index contributed by atoms with van der Waals surface area (Å²) in [6.07, 6.45) is 4.40. The van der Waals surface area contributed by atoms with E-state index >= 15 is 0 Å². The molecule has 1 unspecified atom stereocenters. The van der Waals surface area contributed by atoms with Gasteiger partial charge in [-0.15, -0.1) is 0 Å². The van der Waals surface area contributed by atoms with Crippen LogP contribution < -0.4 is 4.90 Å². The van der Waals surface area contributed by atoms with Crippen LogP contribution in [0.1, 0.15) is 12.8 Å². The normalized spacial score (nSPS) is 21.5. The summed E-state index contributed by atoms with van der Waals surface area (Å²) in [6, 6.07) is 3.29. The molecule has 126 valence electrons. The fourth-order valence-corrected chi connectivity index (χ4v) is 3.39. The number of anilines is 1. The second kappa shape index (κ2) is 6.32. The van der Waals surface area contributed by atoms with Gasteiger partial charge in [0.05, 0.1) is 17.4 Å². The van der Waals surface area contributed by atoms with Gasteiger partial charge in [0.1, 0.15) is 17.4 Å². The number of hydrogen-bond donors (Lipinski definition) is 0. The van der Waals surface area contributed by atoms with Crippen molar-refractivity contribution >= 4 is 22.6 Å². The quantitative estimate of drug-likeness (QED) is 0.837. The molecular weight excluding hydrogens is 311 g/mol. The van der Waals surface area contributed by atoms with Crippen LogP contribution in [0.3, 0.4) is 0 Å². The number of carbonyl (C=O) groups is 1. The van der Waals surface area contributed by atoms with Crippen LogP contribution in [-0.4, -0.2) is 59.7 Å². The molecule has 0 N–H and O–H groups in total. The lowest BCUT2D eigenvalue weighted by Crippen LogP contribution is -2.51. The molecule has 7 heteroatoms. The molecule has 4 heterocycles. The summed E-state index contributed by atoms with van der Waals surface area (Å²) >= 11 is 0. The minimum atomic E-state index is -0.390. The van der Waals surface area contributed by atoms with E-state index in [1.807, 2.05) is 11.0 Å². The smallest absolute Gasteiger partial charge is 0.251 e. The van der Waals surface area contributed by atoms with Crippen LogP contribution >= 0.6 is 0 Å². The zero-order chi connectivity index (χ0) is 16.5. The average Bonchev–Trinajstić information content (AvgIpc) is 3.15. The maximum absolute atomic E-state index is 13.3. The third-order valence-corrected chi connectivity index (χ3v) is 4.66. The van der Waals surface area contributed by atoms with Crippen molar-refractivity contribution in [2.75, 3.05) is 37.7 Å². The van der Waals surface area contributed by atoms with Crippen molar-refractivity contribution in [3.05, 3.63) is 30.3 Å². The number of aromatic nitrogens is 2. The van der Waals surface area contributed by atoms with E-state index < -0.39 is 0 Å². The van der Waals surface area contributed by atoms with Crippen LogP contribution in [0.15, 0.2) is 24.5 Å². The molecule has 6 nitrogen and oxygen atoms in total. The van der Waals surface area contributed by atoms with Gasteiger partial charge in [-0.25, -0.2) is 9.37 Å². The highest BCUT2D eigenvalue weighted by molar-refractivity contribution is 5.88.